The van der Waals surface area contributed by atoms with Gasteiger partial charge in [-0.1, -0.05) is 12.8 Å². The molecule has 1 aliphatic carbocycles. The Kier molecular flexibility index (Phi) is 8.14. The van der Waals surface area contributed by atoms with Crippen molar-refractivity contribution in [2.75, 3.05) is 41.9 Å². The van der Waals surface area contributed by atoms with Gasteiger partial charge in [-0.15, -0.1) is 0 Å². The minimum atomic E-state index is 0.539. The van der Waals surface area contributed by atoms with Crippen LogP contribution in [0.3, 0.4) is 0 Å². The lowest BCUT2D eigenvalue weighted by atomic mass is 10.1. The summed E-state index contributed by atoms with van der Waals surface area (Å²) in [5.74, 6) is 3.93. The van der Waals surface area contributed by atoms with Crippen molar-refractivity contribution >= 4 is 23.5 Å². The molecule has 0 saturated heterocycles. The molecule has 8 heteroatoms. The van der Waals surface area contributed by atoms with Crippen molar-refractivity contribution in [1.29, 1.82) is 0 Å². The zero-order valence-corrected chi connectivity index (χ0v) is 17.6. The summed E-state index contributed by atoms with van der Waals surface area (Å²) in [5.41, 5.74) is 0.922. The summed E-state index contributed by atoms with van der Waals surface area (Å²) in [6.07, 6.45) is 14.3. The third-order valence-electron chi connectivity index (χ3n) is 4.98. The lowest BCUT2D eigenvalue weighted by Gasteiger charge is -2.26. The number of thioether (sulfide) groups is 1. The van der Waals surface area contributed by atoms with Gasteiger partial charge in [-0.2, -0.15) is 11.8 Å². The Hall–Kier alpha value is -2.09. The van der Waals surface area contributed by atoms with Crippen molar-refractivity contribution in [3.05, 3.63) is 30.5 Å². The van der Waals surface area contributed by atoms with Crippen LogP contribution in [0.2, 0.25) is 0 Å². The Labute approximate surface area is 171 Å². The Morgan fingerprint density at radius 2 is 1.89 bits per heavy atom. The average Bonchev–Trinajstić information content (AvgIpc) is 3.25. The number of aromatic nitrogens is 4. The smallest absolute Gasteiger partial charge is 0.223 e. The van der Waals surface area contributed by atoms with E-state index in [-0.39, 0.29) is 0 Å². The minimum Gasteiger partial charge on any atom is -0.489 e. The van der Waals surface area contributed by atoms with E-state index in [1.165, 1.54) is 25.7 Å². The molecule has 152 valence electrons. The summed E-state index contributed by atoms with van der Waals surface area (Å²) < 4.78 is 5.59. The van der Waals surface area contributed by atoms with Gasteiger partial charge in [-0.25, -0.2) is 15.0 Å². The molecule has 2 aromatic rings. The lowest BCUT2D eigenvalue weighted by Crippen LogP contribution is -2.30. The Morgan fingerprint density at radius 3 is 2.61 bits per heavy atom. The van der Waals surface area contributed by atoms with Gasteiger partial charge in [-0.3, -0.25) is 4.98 Å². The van der Waals surface area contributed by atoms with Crippen LogP contribution in [0, 0.1) is 5.92 Å². The summed E-state index contributed by atoms with van der Waals surface area (Å²) in [4.78, 5) is 20.2. The first-order valence-corrected chi connectivity index (χ1v) is 11.4. The summed E-state index contributed by atoms with van der Waals surface area (Å²) in [7, 11) is 0. The van der Waals surface area contributed by atoms with Crippen LogP contribution >= 0.6 is 11.8 Å². The van der Waals surface area contributed by atoms with Crippen LogP contribution in [0.4, 0.5) is 11.8 Å². The summed E-state index contributed by atoms with van der Waals surface area (Å²) in [5, 5.41) is 3.26. The van der Waals surface area contributed by atoms with E-state index >= 15 is 0 Å². The second-order valence-electron chi connectivity index (χ2n) is 6.95. The number of nitrogens with one attached hydrogen (secondary N) is 1. The molecular formula is C20H30N6OS. The Balaban J connectivity index is 1.59. The molecular weight excluding hydrogens is 372 g/mol. The van der Waals surface area contributed by atoms with Crippen molar-refractivity contribution in [2.24, 2.45) is 5.92 Å². The maximum absolute atomic E-state index is 5.59. The quantitative estimate of drug-likeness (QED) is 0.571. The highest BCUT2D eigenvalue weighted by Gasteiger charge is 2.20. The molecule has 7 nitrogen and oxygen atoms in total. The van der Waals surface area contributed by atoms with Crippen LogP contribution in [-0.2, 0) is 6.54 Å². The number of hydrogen-bond donors (Lipinski definition) is 1. The van der Waals surface area contributed by atoms with Gasteiger partial charge in [-0.05, 0) is 31.9 Å². The molecule has 0 amide bonds. The third-order valence-corrected chi connectivity index (χ3v) is 5.56. The topological polar surface area (TPSA) is 76.1 Å². The number of anilines is 2. The highest BCUT2D eigenvalue weighted by atomic mass is 32.2. The summed E-state index contributed by atoms with van der Waals surface area (Å²) in [6, 6.07) is 0. The fourth-order valence-corrected chi connectivity index (χ4v) is 3.76. The number of nitrogens with zero attached hydrogens (tertiary/aromatic N) is 5. The van der Waals surface area contributed by atoms with Crippen molar-refractivity contribution in [3.8, 4) is 5.75 Å². The van der Waals surface area contributed by atoms with Gasteiger partial charge in [0.15, 0.2) is 11.6 Å². The Bertz CT molecular complexity index is 708. The van der Waals surface area contributed by atoms with Gasteiger partial charge < -0.3 is 15.0 Å². The van der Waals surface area contributed by atoms with Crippen molar-refractivity contribution in [1.82, 2.24) is 19.9 Å². The van der Waals surface area contributed by atoms with E-state index in [4.69, 9.17) is 4.74 Å². The average molecular weight is 403 g/mol. The fraction of sp³-hybridized carbons (Fsp3) is 0.600. The van der Waals surface area contributed by atoms with Crippen LogP contribution in [0.5, 0.6) is 5.75 Å². The second-order valence-corrected chi connectivity index (χ2v) is 7.94. The first kappa shape index (κ1) is 20.6. The SMILES string of the molecule is CCN(CC1CCCC1)c1nccnc1CNc1ncc(OCCSC)cn1. The highest BCUT2D eigenvalue weighted by Crippen LogP contribution is 2.27. The van der Waals surface area contributed by atoms with Crippen molar-refractivity contribution in [2.45, 2.75) is 39.2 Å². The standard InChI is InChI=1S/C20H30N6OS/c1-3-26(15-16-6-4-5-7-16)19-18(21-8-9-22-19)14-25-20-23-12-17(13-24-20)27-10-11-28-2/h8-9,12-13,16H,3-7,10-11,14-15H2,1-2H3,(H,23,24,25). The lowest BCUT2D eigenvalue weighted by molar-refractivity contribution is 0.341. The van der Waals surface area contributed by atoms with Gasteiger partial charge in [0.2, 0.25) is 5.95 Å². The molecule has 0 spiro atoms. The highest BCUT2D eigenvalue weighted by molar-refractivity contribution is 7.98. The van der Waals surface area contributed by atoms with Crippen LogP contribution in [0.15, 0.2) is 24.8 Å². The van der Waals surface area contributed by atoms with Gasteiger partial charge in [0.05, 0.1) is 25.5 Å². The molecule has 0 aliphatic heterocycles. The van der Waals surface area contributed by atoms with E-state index in [0.717, 1.165) is 36.3 Å². The maximum Gasteiger partial charge on any atom is 0.223 e. The molecule has 3 rings (SSSR count). The predicted molar refractivity (Wildman–Crippen MR) is 115 cm³/mol. The van der Waals surface area contributed by atoms with Gasteiger partial charge >= 0.3 is 0 Å². The first-order chi connectivity index (χ1) is 13.8. The van der Waals surface area contributed by atoms with E-state index < -0.39 is 0 Å². The molecule has 0 atom stereocenters. The van der Waals surface area contributed by atoms with E-state index in [0.29, 0.717) is 24.8 Å². The molecule has 1 fully saturated rings. The molecule has 1 N–H and O–H groups in total. The predicted octanol–water partition coefficient (Wildman–Crippen LogP) is 3.64. The zero-order valence-electron chi connectivity index (χ0n) is 16.8. The van der Waals surface area contributed by atoms with E-state index in [9.17, 15) is 0 Å². The molecule has 2 aromatic heterocycles. The summed E-state index contributed by atoms with van der Waals surface area (Å²) in [6.45, 7) is 5.37. The summed E-state index contributed by atoms with van der Waals surface area (Å²) >= 11 is 1.75. The monoisotopic (exact) mass is 402 g/mol. The fourth-order valence-electron chi connectivity index (χ4n) is 3.51. The van der Waals surface area contributed by atoms with Gasteiger partial charge in [0.1, 0.15) is 5.69 Å². The number of hydrogen-bond acceptors (Lipinski definition) is 8. The van der Waals surface area contributed by atoms with Crippen LogP contribution in [0.25, 0.3) is 0 Å². The van der Waals surface area contributed by atoms with E-state index in [1.54, 1.807) is 36.5 Å². The van der Waals surface area contributed by atoms with E-state index in [2.05, 4.69) is 43.3 Å². The molecule has 1 aliphatic rings. The van der Waals surface area contributed by atoms with Crippen LogP contribution < -0.4 is 15.0 Å². The Morgan fingerprint density at radius 1 is 1.14 bits per heavy atom. The van der Waals surface area contributed by atoms with Crippen LogP contribution in [0.1, 0.15) is 38.3 Å². The minimum absolute atomic E-state index is 0.539. The van der Waals surface area contributed by atoms with Gasteiger partial charge in [0, 0.05) is 31.2 Å². The zero-order chi connectivity index (χ0) is 19.6. The molecule has 1 saturated carbocycles. The van der Waals surface area contributed by atoms with Crippen LogP contribution in [-0.4, -0.2) is 51.6 Å². The second kappa shape index (κ2) is 11.0. The largest absolute Gasteiger partial charge is 0.489 e. The molecule has 0 unspecified atom stereocenters. The third kappa shape index (κ3) is 5.95. The normalized spacial score (nSPS) is 14.2. The molecule has 2 heterocycles. The first-order valence-electron chi connectivity index (χ1n) is 10.0. The molecule has 0 radical (unpaired) electrons. The maximum atomic E-state index is 5.59. The van der Waals surface area contributed by atoms with E-state index in [1.807, 2.05) is 0 Å². The molecule has 28 heavy (non-hydrogen) atoms. The van der Waals surface area contributed by atoms with Crippen molar-refractivity contribution < 1.29 is 4.74 Å². The number of ether oxygens (including phenoxy) is 1. The molecule has 0 bridgehead atoms. The van der Waals surface area contributed by atoms with Crippen molar-refractivity contribution in [3.63, 3.8) is 0 Å². The van der Waals surface area contributed by atoms with Gasteiger partial charge in [0.25, 0.3) is 0 Å². The number of rotatable bonds is 11. The molecule has 0 aromatic carbocycles.